The smallest absolute Gasteiger partial charge is 0.352 e. The molecule has 1 N–H and O–H groups in total. The molecule has 3 aromatic heterocycles. The van der Waals surface area contributed by atoms with Gasteiger partial charge in [-0.1, -0.05) is 29.3 Å². The molecule has 8 rings (SSSR count). The summed E-state index contributed by atoms with van der Waals surface area (Å²) in [5, 5.41) is 17.9. The molecule has 304 valence electrons. The Morgan fingerprint density at radius 2 is 1.67 bits per heavy atom. The zero-order chi connectivity index (χ0) is 41.3. The maximum atomic E-state index is 15.3. The molecular formula is C45H50Cl2N6O5. The fourth-order valence-electron chi connectivity index (χ4n) is 9.28. The SMILES string of the molecule is Cc1cc(OCCCc2c3n(c4c(-c5c(C)nn(C)c5C)c(Cl)ccc24)[C@H](C)CN(c2ccc(OCC4CCN(C)C4)c4c2cc(C(=O)O)n4C)C3=O)cc(C)c1Cl. The highest BCUT2D eigenvalue weighted by Gasteiger charge is 2.38. The van der Waals surface area contributed by atoms with Gasteiger partial charge in [-0.25, -0.2) is 4.79 Å². The van der Waals surface area contributed by atoms with Crippen LogP contribution < -0.4 is 14.4 Å². The first-order valence-electron chi connectivity index (χ1n) is 19.9. The van der Waals surface area contributed by atoms with Crippen molar-refractivity contribution in [3.8, 4) is 22.6 Å². The predicted molar refractivity (Wildman–Crippen MR) is 231 cm³/mol. The van der Waals surface area contributed by atoms with Crippen molar-refractivity contribution in [1.82, 2.24) is 23.8 Å². The largest absolute Gasteiger partial charge is 0.494 e. The molecule has 0 aliphatic carbocycles. The van der Waals surface area contributed by atoms with Gasteiger partial charge in [0.2, 0.25) is 0 Å². The van der Waals surface area contributed by atoms with E-state index < -0.39 is 5.97 Å². The number of carbonyl (C=O) groups is 2. The number of aromatic carboxylic acids is 1. The Bertz CT molecular complexity index is 2620. The van der Waals surface area contributed by atoms with Crippen LogP contribution in [0.1, 0.15) is 74.9 Å². The Kier molecular flexibility index (Phi) is 10.5. The van der Waals surface area contributed by atoms with Crippen molar-refractivity contribution in [2.45, 2.75) is 59.9 Å². The maximum absolute atomic E-state index is 15.3. The summed E-state index contributed by atoms with van der Waals surface area (Å²) in [6, 6.07) is 13.1. The van der Waals surface area contributed by atoms with Crippen molar-refractivity contribution in [1.29, 1.82) is 0 Å². The molecule has 0 saturated carbocycles. The summed E-state index contributed by atoms with van der Waals surface area (Å²) in [6.07, 6.45) is 2.25. The van der Waals surface area contributed by atoms with Crippen molar-refractivity contribution in [2.75, 3.05) is 44.8 Å². The van der Waals surface area contributed by atoms with Crippen LogP contribution in [0.2, 0.25) is 10.0 Å². The third-order valence-electron chi connectivity index (χ3n) is 12.2. The number of hydrogen-bond donors (Lipinski definition) is 1. The lowest BCUT2D eigenvalue weighted by atomic mass is 9.98. The molecule has 6 aromatic rings. The van der Waals surface area contributed by atoms with Gasteiger partial charge in [-0.05, 0) is 121 Å². The summed E-state index contributed by atoms with van der Waals surface area (Å²) >= 11 is 13.6. The molecule has 0 radical (unpaired) electrons. The number of aromatic nitrogens is 4. The number of benzene rings is 3. The first-order chi connectivity index (χ1) is 27.7. The quantitative estimate of drug-likeness (QED) is 0.130. The van der Waals surface area contributed by atoms with E-state index in [4.69, 9.17) is 37.8 Å². The summed E-state index contributed by atoms with van der Waals surface area (Å²) in [6.45, 7) is 13.4. The van der Waals surface area contributed by atoms with E-state index in [0.29, 0.717) is 71.6 Å². The minimum Gasteiger partial charge on any atom is -0.494 e. The number of carbonyl (C=O) groups excluding carboxylic acids is 1. The molecule has 1 fully saturated rings. The van der Waals surface area contributed by atoms with Crippen LogP contribution in [0.15, 0.2) is 42.5 Å². The highest BCUT2D eigenvalue weighted by Crippen LogP contribution is 2.46. The number of fused-ring (bicyclic) bond motifs is 4. The molecule has 2 aliphatic rings. The maximum Gasteiger partial charge on any atom is 0.352 e. The van der Waals surface area contributed by atoms with E-state index in [1.807, 2.05) is 80.7 Å². The third-order valence-corrected chi connectivity index (χ3v) is 13.1. The van der Waals surface area contributed by atoms with E-state index in [2.05, 4.69) is 23.4 Å². The number of aryl methyl sites for hydroxylation is 6. The summed E-state index contributed by atoms with van der Waals surface area (Å²) in [5.41, 5.74) is 9.37. The van der Waals surface area contributed by atoms with E-state index >= 15 is 4.79 Å². The van der Waals surface area contributed by atoms with E-state index in [9.17, 15) is 9.90 Å². The molecular weight excluding hydrogens is 775 g/mol. The molecule has 58 heavy (non-hydrogen) atoms. The molecule has 3 aromatic carbocycles. The molecule has 2 aliphatic heterocycles. The lowest BCUT2D eigenvalue weighted by Crippen LogP contribution is -2.42. The van der Waals surface area contributed by atoms with Crippen molar-refractivity contribution >= 4 is 62.6 Å². The number of carboxylic acid groups (broad SMARTS) is 1. The number of rotatable bonds is 11. The fourth-order valence-corrected chi connectivity index (χ4v) is 9.64. The Morgan fingerprint density at radius 3 is 2.33 bits per heavy atom. The van der Waals surface area contributed by atoms with Crippen LogP contribution in [0.5, 0.6) is 11.5 Å². The fraction of sp³-hybridized carbons (Fsp3) is 0.400. The van der Waals surface area contributed by atoms with Gasteiger partial charge in [-0.3, -0.25) is 9.48 Å². The van der Waals surface area contributed by atoms with Crippen LogP contribution in [-0.2, 0) is 20.5 Å². The lowest BCUT2D eigenvalue weighted by molar-refractivity contribution is 0.0686. The molecule has 0 bridgehead atoms. The molecule has 1 amide bonds. The molecule has 11 nitrogen and oxygen atoms in total. The number of amides is 1. The molecule has 5 heterocycles. The average molecular weight is 826 g/mol. The van der Waals surface area contributed by atoms with E-state index in [0.717, 1.165) is 80.4 Å². The van der Waals surface area contributed by atoms with Gasteiger partial charge >= 0.3 is 5.97 Å². The van der Waals surface area contributed by atoms with Crippen molar-refractivity contribution in [3.63, 3.8) is 0 Å². The predicted octanol–water partition coefficient (Wildman–Crippen LogP) is 9.34. The highest BCUT2D eigenvalue weighted by molar-refractivity contribution is 6.35. The van der Waals surface area contributed by atoms with E-state index in [-0.39, 0.29) is 17.6 Å². The van der Waals surface area contributed by atoms with Gasteiger partial charge in [0.05, 0.1) is 40.7 Å². The van der Waals surface area contributed by atoms with Gasteiger partial charge in [-0.15, -0.1) is 0 Å². The lowest BCUT2D eigenvalue weighted by Gasteiger charge is -2.35. The summed E-state index contributed by atoms with van der Waals surface area (Å²) < 4.78 is 18.4. The van der Waals surface area contributed by atoms with Gasteiger partial charge < -0.3 is 33.5 Å². The van der Waals surface area contributed by atoms with Crippen molar-refractivity contribution in [3.05, 3.63) is 92.0 Å². The normalized spacial score (nSPS) is 17.2. The summed E-state index contributed by atoms with van der Waals surface area (Å²) in [7, 11) is 5.78. The van der Waals surface area contributed by atoms with Gasteiger partial charge in [0.1, 0.15) is 22.9 Å². The van der Waals surface area contributed by atoms with Gasteiger partial charge in [0.15, 0.2) is 0 Å². The zero-order valence-corrected chi connectivity index (χ0v) is 35.9. The van der Waals surface area contributed by atoms with Crippen LogP contribution in [0, 0.1) is 33.6 Å². The second kappa shape index (κ2) is 15.3. The minimum atomic E-state index is -1.05. The first-order valence-corrected chi connectivity index (χ1v) is 20.7. The van der Waals surface area contributed by atoms with E-state index in [1.165, 1.54) is 0 Å². The standard InChI is InChI=1S/C45H50Cl2N6O5/c1-24-18-30(19-25(2)40(24)47)57-17-9-10-31-32-11-12-34(46)39(38-27(4)48-51(8)28(38)5)42(32)53-26(3)21-52(44(54)43(31)53)35-13-14-37(58-23-29-15-16-49(6)22-29)41-33(35)20-36(45(55)56)50(41)7/h11-14,18-20,26,29H,9-10,15-17,21-23H2,1-8H3,(H,55,56)/t26-,29?/m1/s1. The number of ether oxygens (including phenoxy) is 2. The first kappa shape index (κ1) is 39.8. The molecule has 2 atom stereocenters. The Balaban J connectivity index is 1.24. The summed E-state index contributed by atoms with van der Waals surface area (Å²) in [4.78, 5) is 31.9. The zero-order valence-electron chi connectivity index (χ0n) is 34.4. The molecule has 1 unspecified atom stereocenters. The Morgan fingerprint density at radius 1 is 0.931 bits per heavy atom. The molecule has 0 spiro atoms. The highest BCUT2D eigenvalue weighted by atomic mass is 35.5. The van der Waals surface area contributed by atoms with Crippen LogP contribution in [0.4, 0.5) is 5.69 Å². The average Bonchev–Trinajstić information content (AvgIpc) is 3.92. The van der Waals surface area contributed by atoms with Gasteiger partial charge in [-0.2, -0.15) is 5.10 Å². The molecule has 13 heteroatoms. The number of nitrogens with zero attached hydrogens (tertiary/aromatic N) is 6. The number of likely N-dealkylation sites (tertiary alicyclic amines) is 1. The van der Waals surface area contributed by atoms with Gasteiger partial charge in [0, 0.05) is 71.8 Å². The van der Waals surface area contributed by atoms with Crippen molar-refractivity contribution in [2.24, 2.45) is 20.0 Å². The monoisotopic (exact) mass is 824 g/mol. The number of carboxylic acids is 1. The topological polar surface area (TPSA) is 107 Å². The van der Waals surface area contributed by atoms with E-state index in [1.54, 1.807) is 17.7 Å². The Labute approximate surface area is 348 Å². The van der Waals surface area contributed by atoms with Crippen LogP contribution in [0.25, 0.3) is 32.9 Å². The second-order valence-electron chi connectivity index (χ2n) is 16.2. The van der Waals surface area contributed by atoms with Crippen LogP contribution in [-0.4, -0.2) is 80.7 Å². The number of anilines is 1. The van der Waals surface area contributed by atoms with Crippen molar-refractivity contribution < 1.29 is 24.2 Å². The second-order valence-corrected chi connectivity index (χ2v) is 17.0. The Hall–Kier alpha value is -4.97. The number of halogens is 2. The third kappa shape index (κ3) is 6.70. The minimum absolute atomic E-state index is 0.118. The summed E-state index contributed by atoms with van der Waals surface area (Å²) in [5.74, 6) is 0.520. The molecule has 1 saturated heterocycles. The van der Waals surface area contributed by atoms with Crippen LogP contribution in [0.3, 0.4) is 0 Å². The van der Waals surface area contributed by atoms with Crippen LogP contribution >= 0.6 is 23.2 Å². The number of hydrogen-bond acceptors (Lipinski definition) is 6. The van der Waals surface area contributed by atoms with Gasteiger partial charge in [0.25, 0.3) is 5.91 Å².